The van der Waals surface area contributed by atoms with Crippen LogP contribution in [0.2, 0.25) is 0 Å². The second-order valence-electron chi connectivity index (χ2n) is 17.9. The molecule has 16 rings (SSSR count). The minimum Gasteiger partial charge on any atom is -0.456 e. The molecule has 0 unspecified atom stereocenters. The molecule has 14 aromatic carbocycles. The van der Waals surface area contributed by atoms with E-state index in [1.165, 1.54) is 0 Å². The second kappa shape index (κ2) is 18.8. The van der Waals surface area contributed by atoms with E-state index in [4.69, 9.17) is 33.5 Å². The molecule has 0 saturated heterocycles. The lowest BCUT2D eigenvalue weighted by Gasteiger charge is -2.19. The predicted molar refractivity (Wildman–Crippen MR) is 330 cm³/mol. The van der Waals surface area contributed by atoms with Crippen molar-refractivity contribution in [2.24, 2.45) is 0 Å². The van der Waals surface area contributed by atoms with Gasteiger partial charge >= 0.3 is 0 Å². The first-order valence-electron chi connectivity index (χ1n) is 39.3. The minimum atomic E-state index is -0.693. The molecule has 0 saturated carbocycles. The zero-order chi connectivity index (χ0) is 77.6. The zero-order valence-electron chi connectivity index (χ0n) is 70.2. The Kier molecular flexibility index (Phi) is 5.83. The Hall–Kier alpha value is -10.3. The molecule has 2 heteroatoms. The summed E-state index contributed by atoms with van der Waals surface area (Å²) < 4.78 is 278. The highest BCUT2D eigenvalue weighted by Crippen LogP contribution is 2.48. The summed E-state index contributed by atoms with van der Waals surface area (Å²) in [4.78, 5) is 0. The lowest BCUT2D eigenvalue weighted by Crippen LogP contribution is -1.92. The standard InChI is InChI=1S/2C38H24O/c1-2-11-25(12-3-1)26-13-10-14-27(23-26)37-30-16-4-6-18-32(30)38(33-19-7-5-17-31(33)37)28-21-22-36-34(24-28)29-15-8-9-20-35(29)39-36;1-2-12-25(13-3-1)27-14-4-5-16-29(27)38-32-19-8-6-17-30(32)37(31-18-7-9-20-33(31)38)26-22-23-36-34(24-26)28-15-10-11-21-35(28)39-36/h2*1-24H/i4D,5D,6D,7D,8D,9D,15D,16D,17D,18D,19D,20D,21D,22D,24D;6D,7D,8D,9D,10D,11D,15D,17D,18D,19D,20D,21D,22D,23D,24D. The fraction of sp³-hybridized carbons (Fsp3) is 0. The van der Waals surface area contributed by atoms with Crippen LogP contribution in [0.5, 0.6) is 0 Å². The van der Waals surface area contributed by atoms with E-state index in [-0.39, 0.29) is 109 Å². The lowest BCUT2D eigenvalue weighted by atomic mass is 9.83. The summed E-state index contributed by atoms with van der Waals surface area (Å²) in [5.74, 6) is 0. The maximum atomic E-state index is 9.56. The maximum absolute atomic E-state index is 9.56. The third-order valence-electron chi connectivity index (χ3n) is 13.6. The van der Waals surface area contributed by atoms with Crippen LogP contribution in [0.4, 0.5) is 0 Å². The molecular formula is C76H48O2. The van der Waals surface area contributed by atoms with Gasteiger partial charge in [-0.2, -0.15) is 0 Å². The summed E-state index contributed by atoms with van der Waals surface area (Å²) in [7, 11) is 0. The van der Waals surface area contributed by atoms with Gasteiger partial charge in [0.15, 0.2) is 0 Å². The summed E-state index contributed by atoms with van der Waals surface area (Å²) >= 11 is 0. The minimum absolute atomic E-state index is 0.0636. The molecule has 16 aromatic rings. The Labute approximate surface area is 493 Å². The Balaban J connectivity index is 0.000000172. The van der Waals surface area contributed by atoms with Gasteiger partial charge in [-0.05, 0) is 152 Å². The van der Waals surface area contributed by atoms with Gasteiger partial charge in [0.2, 0.25) is 0 Å². The smallest absolute Gasteiger partial charge is 0.135 e. The second-order valence-corrected chi connectivity index (χ2v) is 17.9. The van der Waals surface area contributed by atoms with Gasteiger partial charge in [0.05, 0.1) is 41.1 Å². The molecule has 364 valence electrons. The fourth-order valence-corrected chi connectivity index (χ4v) is 10.2. The first kappa shape index (κ1) is 24.2. The fourth-order valence-electron chi connectivity index (χ4n) is 10.2. The average molecular weight is 1020 g/mol. The third-order valence-corrected chi connectivity index (χ3v) is 13.6. The van der Waals surface area contributed by atoms with E-state index in [2.05, 4.69) is 0 Å². The van der Waals surface area contributed by atoms with Gasteiger partial charge in [-0.3, -0.25) is 0 Å². The molecule has 2 nitrogen and oxygen atoms in total. The van der Waals surface area contributed by atoms with Crippen molar-refractivity contribution in [2.45, 2.75) is 0 Å². The molecule has 2 heterocycles. The largest absolute Gasteiger partial charge is 0.456 e. The molecule has 0 fully saturated rings. The Morgan fingerprint density at radius 1 is 0.218 bits per heavy atom. The van der Waals surface area contributed by atoms with Gasteiger partial charge < -0.3 is 8.83 Å². The molecule has 0 atom stereocenters. The zero-order valence-corrected chi connectivity index (χ0v) is 40.2. The molecular weight excluding hydrogens is 945 g/mol. The van der Waals surface area contributed by atoms with Gasteiger partial charge in [-0.1, -0.05) is 248 Å². The first-order chi connectivity index (χ1) is 51.2. The van der Waals surface area contributed by atoms with E-state index in [1.807, 2.05) is 66.7 Å². The lowest BCUT2D eigenvalue weighted by molar-refractivity contribution is 0.668. The third kappa shape index (κ3) is 7.57. The normalized spacial score (nSPS) is 17.0. The van der Waals surface area contributed by atoms with Crippen molar-refractivity contribution in [2.75, 3.05) is 0 Å². The van der Waals surface area contributed by atoms with Crippen molar-refractivity contribution >= 4 is 87.0 Å². The Bertz CT molecular complexity index is 6630. The van der Waals surface area contributed by atoms with Crippen LogP contribution in [0.1, 0.15) is 41.1 Å². The van der Waals surface area contributed by atoms with Crippen LogP contribution in [0.3, 0.4) is 0 Å². The molecule has 0 radical (unpaired) electrons. The van der Waals surface area contributed by atoms with E-state index < -0.39 is 192 Å². The maximum Gasteiger partial charge on any atom is 0.135 e. The van der Waals surface area contributed by atoms with E-state index in [1.54, 1.807) is 42.5 Å². The number of furan rings is 2. The number of rotatable bonds is 6. The van der Waals surface area contributed by atoms with Crippen molar-refractivity contribution in [1.29, 1.82) is 0 Å². The van der Waals surface area contributed by atoms with Crippen LogP contribution >= 0.6 is 0 Å². The van der Waals surface area contributed by atoms with Crippen LogP contribution in [0, 0.1) is 0 Å². The highest BCUT2D eigenvalue weighted by molar-refractivity contribution is 6.24. The van der Waals surface area contributed by atoms with Crippen LogP contribution < -0.4 is 0 Å². The summed E-state index contributed by atoms with van der Waals surface area (Å²) in [6, 6.07) is 13.6. The molecule has 0 aliphatic rings. The molecule has 0 N–H and O–H groups in total. The molecule has 0 amide bonds. The van der Waals surface area contributed by atoms with E-state index in [9.17, 15) is 16.4 Å². The first-order valence-corrected chi connectivity index (χ1v) is 24.3. The van der Waals surface area contributed by atoms with E-state index in [0.717, 1.165) is 5.56 Å². The highest BCUT2D eigenvalue weighted by Gasteiger charge is 2.21. The summed E-state index contributed by atoms with van der Waals surface area (Å²) in [5, 5.41) is -2.72. The summed E-state index contributed by atoms with van der Waals surface area (Å²) in [6.07, 6.45) is 0. The predicted octanol–water partition coefficient (Wildman–Crippen LogP) is 21.8. The van der Waals surface area contributed by atoms with Gasteiger partial charge in [0.1, 0.15) is 22.3 Å². The van der Waals surface area contributed by atoms with Crippen molar-refractivity contribution in [3.63, 3.8) is 0 Å². The molecule has 0 aliphatic heterocycles. The van der Waals surface area contributed by atoms with Gasteiger partial charge in [-0.25, -0.2) is 0 Å². The van der Waals surface area contributed by atoms with Crippen LogP contribution in [0.25, 0.3) is 154 Å². The summed E-state index contributed by atoms with van der Waals surface area (Å²) in [6.45, 7) is 0. The van der Waals surface area contributed by atoms with Crippen LogP contribution in [-0.4, -0.2) is 0 Å². The molecule has 0 aliphatic carbocycles. The SMILES string of the molecule is [2H]c1c([2H])c([2H])c2c(oc3c([2H])c([2H])c(-c4c5c([2H])c([2H])c([2H])c([2H])c5c(-c5cccc(-c6ccccc6)c5)c5c([2H])c([2H])c([2H])c([2H])c45)c([2H])c32)c1[2H].[2H]c1c([2H])c([2H])c2c(oc3c([2H])c([2H])c(-c4c5c([2H])c([2H])c([2H])c([2H])c5c(-c5ccccc5-c5ccccc5)c5c([2H])c([2H])c([2H])c([2H])c45)c([2H])c32)c1[2H]. The molecule has 0 spiro atoms. The van der Waals surface area contributed by atoms with Crippen LogP contribution in [-0.2, 0) is 0 Å². The number of hydrogen-bond acceptors (Lipinski definition) is 2. The number of fused-ring (bicyclic) bond motifs is 10. The number of para-hydroxylation sites is 2. The van der Waals surface area contributed by atoms with Crippen LogP contribution in [0.15, 0.2) is 299 Å². The molecule has 0 bridgehead atoms. The average Bonchev–Trinajstić information content (AvgIpc) is 0.916. The topological polar surface area (TPSA) is 26.3 Å². The summed E-state index contributed by atoms with van der Waals surface area (Å²) in [5.41, 5.74) is 0.638. The Morgan fingerprint density at radius 3 is 1.01 bits per heavy atom. The van der Waals surface area contributed by atoms with Gasteiger partial charge in [-0.15, -0.1) is 0 Å². The monoisotopic (exact) mass is 1020 g/mol. The molecule has 78 heavy (non-hydrogen) atoms. The molecule has 2 aromatic heterocycles. The van der Waals surface area contributed by atoms with E-state index in [0.29, 0.717) is 27.8 Å². The Morgan fingerprint density at radius 2 is 0.551 bits per heavy atom. The van der Waals surface area contributed by atoms with Gasteiger partial charge in [0.25, 0.3) is 0 Å². The number of benzene rings is 14. The van der Waals surface area contributed by atoms with Crippen molar-refractivity contribution in [1.82, 2.24) is 0 Å². The van der Waals surface area contributed by atoms with Crippen molar-refractivity contribution in [3.05, 3.63) is 290 Å². The highest BCUT2D eigenvalue weighted by atomic mass is 16.3. The van der Waals surface area contributed by atoms with Crippen molar-refractivity contribution in [3.8, 4) is 66.8 Å². The van der Waals surface area contributed by atoms with E-state index >= 15 is 0 Å². The number of hydrogen-bond donors (Lipinski definition) is 0. The van der Waals surface area contributed by atoms with Crippen molar-refractivity contribution < 1.29 is 50.0 Å². The van der Waals surface area contributed by atoms with Gasteiger partial charge in [0, 0.05) is 21.5 Å². The quantitative estimate of drug-likeness (QED) is 0.155.